The molecule has 0 spiro atoms. The summed E-state index contributed by atoms with van der Waals surface area (Å²) in [5, 5.41) is 14.5. The summed E-state index contributed by atoms with van der Waals surface area (Å²) in [5.74, 6) is -0.185. The molecule has 0 saturated heterocycles. The average Bonchev–Trinajstić information content (AvgIpc) is 2.89. The number of hydrogen-bond donors (Lipinski definition) is 4. The largest absolute Gasteiger partial charge is 0.471 e. The number of phosphoric acid groups is 1. The summed E-state index contributed by atoms with van der Waals surface area (Å²) in [5.41, 5.74) is 0. The second-order valence-corrected chi connectivity index (χ2v) is 10.1. The summed E-state index contributed by atoms with van der Waals surface area (Å²) in [6.07, 6.45) is 5.11. The molecule has 4 N–H and O–H groups in total. The number of methoxy groups -OCH3 is 1. The minimum absolute atomic E-state index is 0.0650. The molecule has 0 rings (SSSR count). The Morgan fingerprint density at radius 3 is 2.03 bits per heavy atom. The highest BCUT2D eigenvalue weighted by atomic mass is 31.2. The quantitative estimate of drug-likeness (QED) is 0.0792. The van der Waals surface area contributed by atoms with Gasteiger partial charge in [-0.1, -0.05) is 12.8 Å². The summed E-state index contributed by atoms with van der Waals surface area (Å²) < 4.78 is 41.9. The van der Waals surface area contributed by atoms with E-state index in [1.807, 2.05) is 0 Å². The lowest BCUT2D eigenvalue weighted by Gasteiger charge is -2.18. The van der Waals surface area contributed by atoms with Crippen molar-refractivity contribution in [2.45, 2.75) is 63.9 Å². The highest BCUT2D eigenvalue weighted by molar-refractivity contribution is 7.47. The lowest BCUT2D eigenvalue weighted by molar-refractivity contribution is -0.122. The van der Waals surface area contributed by atoms with Crippen molar-refractivity contribution in [3.63, 3.8) is 0 Å². The summed E-state index contributed by atoms with van der Waals surface area (Å²) in [7, 11) is -1.17. The molecular weight excluding hydrogens is 523 g/mol. The van der Waals surface area contributed by atoms with Gasteiger partial charge in [0.2, 0.25) is 11.8 Å². The number of nitrogens with one attached hydrogen (secondary N) is 2. The molecule has 0 aliphatic rings. The molecule has 0 aliphatic carbocycles. The number of aliphatic hydroxyl groups excluding tert-OH is 1. The van der Waals surface area contributed by atoms with Crippen molar-refractivity contribution < 1.29 is 52.1 Å². The van der Waals surface area contributed by atoms with Gasteiger partial charge in [0.05, 0.1) is 33.0 Å². The van der Waals surface area contributed by atoms with Crippen LogP contribution in [-0.2, 0) is 42.1 Å². The van der Waals surface area contributed by atoms with Crippen molar-refractivity contribution in [1.29, 1.82) is 0 Å². The summed E-state index contributed by atoms with van der Waals surface area (Å²) in [6.45, 7) is 3.84. The molecule has 14 heteroatoms. The fourth-order valence-corrected chi connectivity index (χ4v) is 3.53. The fourth-order valence-electron chi connectivity index (χ4n) is 3.06. The number of rotatable bonds is 28. The molecule has 0 bridgehead atoms. The molecule has 0 aliphatic heterocycles. The average molecular weight is 573 g/mol. The molecule has 0 fully saturated rings. The Balaban J connectivity index is 3.67. The van der Waals surface area contributed by atoms with Crippen LogP contribution in [0.4, 0.5) is 0 Å². The summed E-state index contributed by atoms with van der Waals surface area (Å²) in [4.78, 5) is 32.9. The molecule has 38 heavy (non-hydrogen) atoms. The van der Waals surface area contributed by atoms with E-state index in [0.717, 1.165) is 26.4 Å². The van der Waals surface area contributed by atoms with Crippen molar-refractivity contribution in [3.8, 4) is 0 Å². The highest BCUT2D eigenvalue weighted by Gasteiger charge is 2.17. The minimum atomic E-state index is -3.90. The van der Waals surface area contributed by atoms with Crippen LogP contribution < -0.4 is 10.6 Å². The Morgan fingerprint density at radius 1 is 0.763 bits per heavy atom. The van der Waals surface area contributed by atoms with Crippen molar-refractivity contribution in [2.75, 3.05) is 80.2 Å². The van der Waals surface area contributed by atoms with Crippen LogP contribution in [0.15, 0.2) is 0 Å². The molecule has 2 atom stereocenters. The minimum Gasteiger partial charge on any atom is -0.396 e. The van der Waals surface area contributed by atoms with E-state index in [1.54, 1.807) is 7.11 Å². The Morgan fingerprint density at radius 2 is 1.39 bits per heavy atom. The monoisotopic (exact) mass is 572 g/mol. The van der Waals surface area contributed by atoms with Crippen molar-refractivity contribution in [1.82, 2.24) is 10.6 Å². The van der Waals surface area contributed by atoms with E-state index in [2.05, 4.69) is 15.2 Å². The van der Waals surface area contributed by atoms with Gasteiger partial charge >= 0.3 is 7.82 Å². The lowest BCUT2D eigenvalue weighted by Crippen LogP contribution is -2.29. The van der Waals surface area contributed by atoms with Gasteiger partial charge in [0.1, 0.15) is 6.10 Å². The number of phosphoric ester groups is 1. The second kappa shape index (κ2) is 26.1. The highest BCUT2D eigenvalue weighted by Crippen LogP contribution is 2.41. The Kier molecular flexibility index (Phi) is 25.3. The number of hydrogen-bond acceptors (Lipinski definition) is 10. The Bertz CT molecular complexity index is 628. The topological polar surface area (TPSA) is 171 Å². The molecule has 0 aromatic rings. The van der Waals surface area contributed by atoms with E-state index in [9.17, 15) is 14.2 Å². The first-order valence-corrected chi connectivity index (χ1v) is 14.8. The zero-order chi connectivity index (χ0) is 28.3. The van der Waals surface area contributed by atoms with Gasteiger partial charge in [-0.3, -0.25) is 18.6 Å². The third kappa shape index (κ3) is 25.1. The van der Waals surface area contributed by atoms with Crippen LogP contribution >= 0.6 is 7.82 Å². The molecule has 2 amide bonds. The van der Waals surface area contributed by atoms with Crippen molar-refractivity contribution in [3.05, 3.63) is 0 Å². The van der Waals surface area contributed by atoms with Crippen LogP contribution in [0.3, 0.4) is 0 Å². The zero-order valence-electron chi connectivity index (χ0n) is 23.0. The number of carbonyl (C=O) groups is 2. The first-order valence-electron chi connectivity index (χ1n) is 13.3. The summed E-state index contributed by atoms with van der Waals surface area (Å²) in [6, 6.07) is 0. The van der Waals surface area contributed by atoms with E-state index in [1.165, 1.54) is 0 Å². The van der Waals surface area contributed by atoms with Crippen LogP contribution in [0, 0.1) is 0 Å². The molecule has 0 aromatic carbocycles. The van der Waals surface area contributed by atoms with Gasteiger partial charge in [-0.2, -0.15) is 0 Å². The molecule has 0 saturated carbocycles. The van der Waals surface area contributed by atoms with Gasteiger partial charge in [-0.25, -0.2) is 4.57 Å². The van der Waals surface area contributed by atoms with E-state index >= 15 is 0 Å². The third-order valence-electron chi connectivity index (χ3n) is 5.17. The van der Waals surface area contributed by atoms with Crippen LogP contribution in [0.2, 0.25) is 0 Å². The predicted molar refractivity (Wildman–Crippen MR) is 141 cm³/mol. The van der Waals surface area contributed by atoms with Crippen LogP contribution in [0.5, 0.6) is 0 Å². The number of carbonyl (C=O) groups excluding carboxylic acids is 2. The van der Waals surface area contributed by atoms with Gasteiger partial charge in [0.15, 0.2) is 0 Å². The van der Waals surface area contributed by atoms with E-state index < -0.39 is 7.82 Å². The molecule has 0 radical (unpaired) electrons. The van der Waals surface area contributed by atoms with E-state index in [-0.39, 0.29) is 44.0 Å². The van der Waals surface area contributed by atoms with Gasteiger partial charge in [0.25, 0.3) is 0 Å². The molecule has 226 valence electrons. The van der Waals surface area contributed by atoms with Gasteiger partial charge in [0, 0.05) is 60.0 Å². The number of aliphatic hydroxyl groups is 1. The number of amides is 2. The zero-order valence-corrected chi connectivity index (χ0v) is 23.9. The molecule has 2 unspecified atom stereocenters. The smallest absolute Gasteiger partial charge is 0.396 e. The van der Waals surface area contributed by atoms with Gasteiger partial charge in [-0.05, 0) is 32.1 Å². The van der Waals surface area contributed by atoms with Crippen LogP contribution in [-0.4, -0.2) is 108 Å². The van der Waals surface area contributed by atoms with Gasteiger partial charge in [-0.15, -0.1) is 0 Å². The van der Waals surface area contributed by atoms with Crippen LogP contribution in [0.25, 0.3) is 0 Å². The standard InChI is InChI=1S/C24H49N2O11P/c1-32-18-19-35-21-22(36-16-9-14-27)20-34-15-8-13-26-24(29)11-7-10-23(28)25-12-5-3-4-6-17-37-38(30,31)33-2/h22,27H,3-21H2,1-2H3,(H,25,28)(H,26,29)(H,30,31). The maximum atomic E-state index is 11.9. The Labute approximate surface area is 226 Å². The second-order valence-electron chi connectivity index (χ2n) is 8.52. The number of ether oxygens (including phenoxy) is 4. The molecule has 0 aromatic heterocycles. The van der Waals surface area contributed by atoms with Crippen molar-refractivity contribution in [2.24, 2.45) is 0 Å². The third-order valence-corrected chi connectivity index (χ3v) is 6.14. The summed E-state index contributed by atoms with van der Waals surface area (Å²) >= 11 is 0. The van der Waals surface area contributed by atoms with Crippen LogP contribution in [0.1, 0.15) is 57.8 Å². The fraction of sp³-hybridized carbons (Fsp3) is 0.917. The van der Waals surface area contributed by atoms with E-state index in [0.29, 0.717) is 78.4 Å². The predicted octanol–water partition coefficient (Wildman–Crippen LogP) is 1.55. The SMILES string of the molecule is COCCOCC(COCCCNC(=O)CCCC(=O)NCCCCCCOP(=O)(O)OC)OCCCO. The van der Waals surface area contributed by atoms with Crippen molar-refractivity contribution >= 4 is 19.6 Å². The lowest BCUT2D eigenvalue weighted by atomic mass is 10.2. The number of unbranched alkanes of at least 4 members (excludes halogenated alkanes) is 3. The molecular formula is C24H49N2O11P. The maximum absolute atomic E-state index is 11.9. The Hall–Kier alpha value is -1.15. The normalized spacial score (nSPS) is 13.7. The molecule has 0 heterocycles. The van der Waals surface area contributed by atoms with E-state index in [4.69, 9.17) is 33.5 Å². The first-order chi connectivity index (χ1) is 18.3. The maximum Gasteiger partial charge on any atom is 0.471 e. The molecule has 13 nitrogen and oxygen atoms in total. The first kappa shape index (κ1) is 36.8. The van der Waals surface area contributed by atoms with Gasteiger partial charge < -0.3 is 39.6 Å².